The Kier molecular flexibility index (Phi) is 4.95. The smallest absolute Gasteiger partial charge is 0.243 e. The first kappa shape index (κ1) is 16.6. The molecule has 0 fully saturated rings. The van der Waals surface area contributed by atoms with E-state index in [0.717, 1.165) is 11.6 Å². The largest absolute Gasteiger partial charge is 0.387 e. The van der Waals surface area contributed by atoms with Gasteiger partial charge >= 0.3 is 0 Å². The number of aryl methyl sites for hydroxylation is 2. The standard InChI is InChI=1S/C16H18FNO3S/c1-11-7-8-14(17)16(9-11)22(20,21)18-10-15(19)13-6-4-3-5-12(13)2/h3-9,15,18-19H,10H2,1-2H3. The van der Waals surface area contributed by atoms with Crippen molar-refractivity contribution in [2.24, 2.45) is 0 Å². The molecule has 22 heavy (non-hydrogen) atoms. The van der Waals surface area contributed by atoms with Crippen LogP contribution in [0.15, 0.2) is 47.4 Å². The Morgan fingerprint density at radius 1 is 1.18 bits per heavy atom. The van der Waals surface area contributed by atoms with Crippen LogP contribution in [0.2, 0.25) is 0 Å². The van der Waals surface area contributed by atoms with E-state index in [-0.39, 0.29) is 6.54 Å². The van der Waals surface area contributed by atoms with Gasteiger partial charge in [-0.1, -0.05) is 30.3 Å². The topological polar surface area (TPSA) is 66.4 Å². The SMILES string of the molecule is Cc1ccc(F)c(S(=O)(=O)NCC(O)c2ccccc2C)c1. The molecule has 2 aromatic carbocycles. The van der Waals surface area contributed by atoms with E-state index >= 15 is 0 Å². The van der Waals surface area contributed by atoms with Crippen LogP contribution in [0.1, 0.15) is 22.8 Å². The van der Waals surface area contributed by atoms with Gasteiger partial charge in [-0.05, 0) is 42.7 Å². The van der Waals surface area contributed by atoms with Gasteiger partial charge in [0.1, 0.15) is 10.7 Å². The van der Waals surface area contributed by atoms with Gasteiger partial charge in [0, 0.05) is 6.54 Å². The number of sulfonamides is 1. The molecule has 2 N–H and O–H groups in total. The zero-order valence-electron chi connectivity index (χ0n) is 12.4. The summed E-state index contributed by atoms with van der Waals surface area (Å²) in [5, 5.41) is 10.1. The first-order valence-electron chi connectivity index (χ1n) is 6.80. The highest BCUT2D eigenvalue weighted by Gasteiger charge is 2.21. The number of hydrogen-bond donors (Lipinski definition) is 2. The van der Waals surface area contributed by atoms with Crippen LogP contribution in [0.3, 0.4) is 0 Å². The maximum Gasteiger partial charge on any atom is 0.243 e. The lowest BCUT2D eigenvalue weighted by Gasteiger charge is -2.15. The van der Waals surface area contributed by atoms with Crippen molar-refractivity contribution in [3.63, 3.8) is 0 Å². The van der Waals surface area contributed by atoms with Crippen molar-refractivity contribution >= 4 is 10.0 Å². The van der Waals surface area contributed by atoms with Gasteiger partial charge in [0.2, 0.25) is 10.0 Å². The maximum absolute atomic E-state index is 13.7. The first-order valence-corrected chi connectivity index (χ1v) is 8.29. The Morgan fingerprint density at radius 3 is 2.55 bits per heavy atom. The lowest BCUT2D eigenvalue weighted by Crippen LogP contribution is -2.29. The Hall–Kier alpha value is -1.76. The van der Waals surface area contributed by atoms with E-state index in [1.807, 2.05) is 19.1 Å². The molecule has 1 unspecified atom stereocenters. The van der Waals surface area contributed by atoms with Gasteiger partial charge in [0.05, 0.1) is 6.10 Å². The molecule has 4 nitrogen and oxygen atoms in total. The highest BCUT2D eigenvalue weighted by Crippen LogP contribution is 2.19. The zero-order valence-corrected chi connectivity index (χ0v) is 13.2. The molecule has 0 amide bonds. The van der Waals surface area contributed by atoms with E-state index in [9.17, 15) is 17.9 Å². The molecule has 0 saturated heterocycles. The van der Waals surface area contributed by atoms with Gasteiger partial charge in [0.15, 0.2) is 0 Å². The van der Waals surface area contributed by atoms with Crippen LogP contribution in [0.4, 0.5) is 4.39 Å². The Balaban J connectivity index is 2.16. The zero-order chi connectivity index (χ0) is 16.3. The van der Waals surface area contributed by atoms with Crippen molar-refractivity contribution in [2.45, 2.75) is 24.8 Å². The van der Waals surface area contributed by atoms with Crippen LogP contribution in [0.25, 0.3) is 0 Å². The summed E-state index contributed by atoms with van der Waals surface area (Å²) in [5.41, 5.74) is 2.13. The van der Waals surface area contributed by atoms with Gasteiger partial charge in [0.25, 0.3) is 0 Å². The number of aliphatic hydroxyl groups excluding tert-OH is 1. The summed E-state index contributed by atoms with van der Waals surface area (Å²) in [4.78, 5) is -0.413. The van der Waals surface area contributed by atoms with Crippen molar-refractivity contribution < 1.29 is 17.9 Å². The third kappa shape index (κ3) is 3.71. The fraction of sp³-hybridized carbons (Fsp3) is 0.250. The predicted octanol–water partition coefficient (Wildman–Crippen LogP) is 2.45. The van der Waals surface area contributed by atoms with Crippen molar-refractivity contribution in [3.8, 4) is 0 Å². The maximum atomic E-state index is 13.7. The molecular weight excluding hydrogens is 305 g/mol. The molecule has 0 aromatic heterocycles. The molecule has 0 radical (unpaired) electrons. The molecular formula is C16H18FNO3S. The van der Waals surface area contributed by atoms with Gasteiger partial charge < -0.3 is 5.11 Å². The summed E-state index contributed by atoms with van der Waals surface area (Å²) in [6, 6.07) is 11.0. The Morgan fingerprint density at radius 2 is 1.86 bits per heavy atom. The molecule has 2 rings (SSSR count). The van der Waals surface area contributed by atoms with Crippen LogP contribution in [-0.4, -0.2) is 20.1 Å². The Bertz CT molecular complexity index is 775. The van der Waals surface area contributed by atoms with E-state index in [1.165, 1.54) is 12.1 Å². The fourth-order valence-corrected chi connectivity index (χ4v) is 3.35. The van der Waals surface area contributed by atoms with Crippen LogP contribution in [0, 0.1) is 19.7 Å². The van der Waals surface area contributed by atoms with Crippen molar-refractivity contribution in [3.05, 3.63) is 65.0 Å². The van der Waals surface area contributed by atoms with E-state index in [1.54, 1.807) is 19.1 Å². The van der Waals surface area contributed by atoms with Crippen molar-refractivity contribution in [2.75, 3.05) is 6.54 Å². The van der Waals surface area contributed by atoms with E-state index in [0.29, 0.717) is 11.1 Å². The molecule has 1 atom stereocenters. The fourth-order valence-electron chi connectivity index (χ4n) is 2.15. The molecule has 0 heterocycles. The number of nitrogens with one attached hydrogen (secondary N) is 1. The summed E-state index contributed by atoms with van der Waals surface area (Å²) in [5.74, 6) is -0.816. The molecule has 0 bridgehead atoms. The van der Waals surface area contributed by atoms with Crippen LogP contribution >= 0.6 is 0 Å². The minimum Gasteiger partial charge on any atom is -0.387 e. The third-order valence-electron chi connectivity index (χ3n) is 3.39. The molecule has 0 aliphatic rings. The van der Waals surface area contributed by atoms with Crippen LogP contribution in [-0.2, 0) is 10.0 Å². The second-order valence-electron chi connectivity index (χ2n) is 5.16. The van der Waals surface area contributed by atoms with Crippen molar-refractivity contribution in [1.29, 1.82) is 0 Å². The molecule has 0 spiro atoms. The molecule has 0 aliphatic carbocycles. The lowest BCUT2D eigenvalue weighted by atomic mass is 10.0. The van der Waals surface area contributed by atoms with Gasteiger partial charge in [-0.25, -0.2) is 17.5 Å². The molecule has 118 valence electrons. The normalized spacial score (nSPS) is 13.1. The molecule has 2 aromatic rings. The van der Waals surface area contributed by atoms with Crippen molar-refractivity contribution in [1.82, 2.24) is 4.72 Å². The van der Waals surface area contributed by atoms with Gasteiger partial charge in [-0.2, -0.15) is 0 Å². The Labute approximate surface area is 129 Å². The minimum atomic E-state index is -4.01. The van der Waals surface area contributed by atoms with E-state index < -0.39 is 26.8 Å². The molecule has 0 saturated carbocycles. The monoisotopic (exact) mass is 323 g/mol. The average Bonchev–Trinajstić information content (AvgIpc) is 2.48. The summed E-state index contributed by atoms with van der Waals surface area (Å²) in [7, 11) is -4.01. The van der Waals surface area contributed by atoms with Crippen LogP contribution < -0.4 is 4.72 Å². The van der Waals surface area contributed by atoms with Gasteiger partial charge in [-0.3, -0.25) is 0 Å². The molecule has 6 heteroatoms. The lowest BCUT2D eigenvalue weighted by molar-refractivity contribution is 0.181. The number of hydrogen-bond acceptors (Lipinski definition) is 3. The summed E-state index contributed by atoms with van der Waals surface area (Å²) >= 11 is 0. The quantitative estimate of drug-likeness (QED) is 0.888. The number of benzene rings is 2. The minimum absolute atomic E-state index is 0.222. The highest BCUT2D eigenvalue weighted by molar-refractivity contribution is 7.89. The number of aliphatic hydroxyl groups is 1. The second-order valence-corrected chi connectivity index (χ2v) is 6.89. The first-order chi connectivity index (χ1) is 10.3. The summed E-state index contributed by atoms with van der Waals surface area (Å²) in [6.07, 6.45) is -0.996. The molecule has 0 aliphatic heterocycles. The third-order valence-corrected chi connectivity index (χ3v) is 4.83. The van der Waals surface area contributed by atoms with Gasteiger partial charge in [-0.15, -0.1) is 0 Å². The number of halogens is 1. The summed E-state index contributed by atoms with van der Waals surface area (Å²) in [6.45, 7) is 3.29. The predicted molar refractivity (Wildman–Crippen MR) is 82.5 cm³/mol. The second kappa shape index (κ2) is 6.56. The average molecular weight is 323 g/mol. The summed E-state index contributed by atoms with van der Waals surface area (Å²) < 4.78 is 40.3. The van der Waals surface area contributed by atoms with E-state index in [2.05, 4.69) is 4.72 Å². The highest BCUT2D eigenvalue weighted by atomic mass is 32.2. The number of rotatable bonds is 5. The van der Waals surface area contributed by atoms with E-state index in [4.69, 9.17) is 0 Å². The van der Waals surface area contributed by atoms with Crippen LogP contribution in [0.5, 0.6) is 0 Å².